The summed E-state index contributed by atoms with van der Waals surface area (Å²) < 4.78 is 0. The number of amides is 1. The van der Waals surface area contributed by atoms with Crippen molar-refractivity contribution < 1.29 is 4.79 Å². The first kappa shape index (κ1) is 22.1. The Kier molecular flexibility index (Phi) is 7.67. The Morgan fingerprint density at radius 2 is 2.04 bits per heavy atom. The van der Waals surface area contributed by atoms with E-state index in [9.17, 15) is 4.79 Å². The first-order valence-electron chi connectivity index (χ1n) is 8.36. The molecule has 1 aliphatic heterocycles. The molecule has 0 atom stereocenters. The van der Waals surface area contributed by atoms with E-state index < -0.39 is 0 Å². The van der Waals surface area contributed by atoms with E-state index in [1.165, 1.54) is 4.88 Å². The summed E-state index contributed by atoms with van der Waals surface area (Å²) in [5, 5.41) is 4.39. The van der Waals surface area contributed by atoms with Crippen LogP contribution in [0.3, 0.4) is 0 Å². The van der Waals surface area contributed by atoms with E-state index in [-0.39, 0.29) is 41.5 Å². The molecule has 8 heteroatoms. The van der Waals surface area contributed by atoms with Gasteiger partial charge < -0.3 is 15.1 Å². The maximum absolute atomic E-state index is 12.6. The lowest BCUT2D eigenvalue weighted by molar-refractivity contribution is -0.145. The summed E-state index contributed by atoms with van der Waals surface area (Å²) in [6.07, 6.45) is 0. The van der Waals surface area contributed by atoms with Crippen LogP contribution >= 0.6 is 35.3 Å². The van der Waals surface area contributed by atoms with Gasteiger partial charge >= 0.3 is 0 Å². The predicted molar refractivity (Wildman–Crippen MR) is 115 cm³/mol. The van der Waals surface area contributed by atoms with Crippen LogP contribution < -0.4 is 5.32 Å². The highest BCUT2D eigenvalue weighted by Crippen LogP contribution is 2.24. The van der Waals surface area contributed by atoms with Crippen molar-refractivity contribution in [3.8, 4) is 0 Å². The smallest absolute Gasteiger partial charge is 0.242 e. The first-order valence-corrected chi connectivity index (χ1v) is 9.18. The molecule has 1 aromatic rings. The van der Waals surface area contributed by atoms with E-state index in [0.717, 1.165) is 23.2 Å². The van der Waals surface area contributed by atoms with E-state index in [1.807, 2.05) is 16.7 Å². The van der Waals surface area contributed by atoms with Crippen LogP contribution in [0.15, 0.2) is 4.99 Å². The molecular formula is C17H30IN5OS. The Morgan fingerprint density at radius 3 is 2.48 bits per heavy atom. The van der Waals surface area contributed by atoms with Crippen LogP contribution in [0.2, 0.25) is 0 Å². The first-order chi connectivity index (χ1) is 11.2. The van der Waals surface area contributed by atoms with E-state index >= 15 is 0 Å². The van der Waals surface area contributed by atoms with Gasteiger partial charge in [-0.05, 0) is 41.5 Å². The zero-order valence-corrected chi connectivity index (χ0v) is 19.4. The monoisotopic (exact) mass is 479 g/mol. The minimum absolute atomic E-state index is 0. The summed E-state index contributed by atoms with van der Waals surface area (Å²) in [7, 11) is 1.76. The number of thiazole rings is 1. The van der Waals surface area contributed by atoms with Crippen molar-refractivity contribution in [3.63, 3.8) is 0 Å². The number of aliphatic imine (C=N–C) groups is 1. The summed E-state index contributed by atoms with van der Waals surface area (Å²) in [6.45, 7) is 14.2. The van der Waals surface area contributed by atoms with Crippen LogP contribution in [0.4, 0.5) is 0 Å². The number of carbonyl (C=O) groups is 1. The molecule has 1 N–H and O–H groups in total. The highest BCUT2D eigenvalue weighted by molar-refractivity contribution is 14.0. The fourth-order valence-corrected chi connectivity index (χ4v) is 4.29. The molecule has 142 valence electrons. The van der Waals surface area contributed by atoms with Crippen molar-refractivity contribution in [2.75, 3.05) is 20.1 Å². The minimum atomic E-state index is -0.227. The van der Waals surface area contributed by atoms with Gasteiger partial charge in [-0.25, -0.2) is 4.98 Å². The van der Waals surface area contributed by atoms with E-state index in [2.05, 4.69) is 49.9 Å². The molecule has 1 aromatic heterocycles. The average molecular weight is 479 g/mol. The van der Waals surface area contributed by atoms with Gasteiger partial charge in [-0.3, -0.25) is 9.79 Å². The summed E-state index contributed by atoms with van der Waals surface area (Å²) in [5.41, 5.74) is 0.851. The van der Waals surface area contributed by atoms with Gasteiger partial charge in [0, 0.05) is 24.5 Å². The van der Waals surface area contributed by atoms with Gasteiger partial charge in [0.25, 0.3) is 0 Å². The quantitative estimate of drug-likeness (QED) is 0.412. The lowest BCUT2D eigenvalue weighted by Crippen LogP contribution is -2.66. The number of rotatable bonds is 3. The van der Waals surface area contributed by atoms with Crippen molar-refractivity contribution in [2.45, 2.75) is 59.7 Å². The molecule has 0 saturated carbocycles. The molecule has 0 spiro atoms. The summed E-state index contributed by atoms with van der Waals surface area (Å²) in [4.78, 5) is 26.8. The van der Waals surface area contributed by atoms with Crippen molar-refractivity contribution in [1.82, 2.24) is 20.1 Å². The van der Waals surface area contributed by atoms with Gasteiger partial charge in [-0.1, -0.05) is 0 Å². The molecular weight excluding hydrogens is 449 g/mol. The van der Waals surface area contributed by atoms with Crippen LogP contribution in [0, 0.1) is 13.8 Å². The molecule has 0 aliphatic carbocycles. The second-order valence-electron chi connectivity index (χ2n) is 7.18. The maximum Gasteiger partial charge on any atom is 0.242 e. The van der Waals surface area contributed by atoms with Gasteiger partial charge in [0.05, 0.1) is 24.3 Å². The van der Waals surface area contributed by atoms with Crippen LogP contribution in [-0.2, 0) is 11.3 Å². The number of aromatic nitrogens is 1. The molecule has 0 unspecified atom stereocenters. The highest BCUT2D eigenvalue weighted by Gasteiger charge is 2.40. The van der Waals surface area contributed by atoms with Crippen LogP contribution in [0.5, 0.6) is 0 Å². The third-order valence-electron chi connectivity index (χ3n) is 4.32. The summed E-state index contributed by atoms with van der Waals surface area (Å²) >= 11 is 1.70. The van der Waals surface area contributed by atoms with E-state index in [4.69, 9.17) is 0 Å². The Hall–Kier alpha value is -0.900. The number of hydrogen-bond donors (Lipinski definition) is 1. The van der Waals surface area contributed by atoms with Crippen LogP contribution in [0.1, 0.15) is 43.3 Å². The number of guanidine groups is 1. The van der Waals surface area contributed by atoms with Gasteiger partial charge in [-0.2, -0.15) is 0 Å². The molecule has 2 heterocycles. The molecule has 1 amide bonds. The highest BCUT2D eigenvalue weighted by atomic mass is 127. The number of piperazine rings is 1. The second kappa shape index (κ2) is 8.66. The van der Waals surface area contributed by atoms with E-state index in [1.54, 1.807) is 18.4 Å². The van der Waals surface area contributed by atoms with Gasteiger partial charge in [-0.15, -0.1) is 35.3 Å². The van der Waals surface area contributed by atoms with Crippen molar-refractivity contribution in [1.29, 1.82) is 0 Å². The zero-order valence-electron chi connectivity index (χ0n) is 16.2. The average Bonchev–Trinajstić information content (AvgIpc) is 2.76. The Bertz CT molecular complexity index is 621. The third kappa shape index (κ3) is 5.06. The van der Waals surface area contributed by atoms with Gasteiger partial charge in [0.1, 0.15) is 5.01 Å². The molecule has 0 bridgehead atoms. The zero-order chi connectivity index (χ0) is 18.1. The number of carbonyl (C=O) groups excluding carboxylic acids is 1. The SMILES string of the molecule is CN=C(NCc1nc(C)c(C)s1)N1CC(=O)N(C(C)C)C(C)(C)C1.I. The van der Waals surface area contributed by atoms with Gasteiger partial charge in [0.2, 0.25) is 5.91 Å². The number of nitrogens with zero attached hydrogens (tertiary/aromatic N) is 4. The topological polar surface area (TPSA) is 60.8 Å². The van der Waals surface area contributed by atoms with Crippen LogP contribution in [-0.4, -0.2) is 58.4 Å². The van der Waals surface area contributed by atoms with Crippen LogP contribution in [0.25, 0.3) is 0 Å². The number of nitrogens with one attached hydrogen (secondary N) is 1. The Balaban J connectivity index is 0.00000312. The lowest BCUT2D eigenvalue weighted by atomic mass is 9.96. The van der Waals surface area contributed by atoms with Crippen molar-refractivity contribution in [3.05, 3.63) is 15.6 Å². The normalized spacial score (nSPS) is 17.8. The lowest BCUT2D eigenvalue weighted by Gasteiger charge is -2.49. The fraction of sp³-hybridized carbons (Fsp3) is 0.706. The predicted octanol–water partition coefficient (Wildman–Crippen LogP) is 2.78. The number of aryl methyl sites for hydroxylation is 2. The largest absolute Gasteiger partial charge is 0.350 e. The molecule has 0 radical (unpaired) electrons. The molecule has 25 heavy (non-hydrogen) atoms. The Labute approximate surface area is 172 Å². The summed E-state index contributed by atoms with van der Waals surface area (Å²) in [6, 6.07) is 0.200. The third-order valence-corrected chi connectivity index (χ3v) is 5.40. The molecule has 1 aliphatic rings. The molecule has 6 nitrogen and oxygen atoms in total. The molecule has 1 saturated heterocycles. The number of halogens is 1. The maximum atomic E-state index is 12.6. The second-order valence-corrected chi connectivity index (χ2v) is 8.46. The molecule has 1 fully saturated rings. The standard InChI is InChI=1S/C17H29N5OS.HI/c1-11(2)22-15(23)9-21(10-17(22,5)6)16(18-7)19-8-14-20-12(3)13(4)24-14;/h11H,8-10H2,1-7H3,(H,18,19);1H. The van der Waals surface area contributed by atoms with E-state index in [0.29, 0.717) is 13.1 Å². The van der Waals surface area contributed by atoms with Gasteiger partial charge in [0.15, 0.2) is 5.96 Å². The fourth-order valence-electron chi connectivity index (χ4n) is 3.41. The van der Waals surface area contributed by atoms with Crippen molar-refractivity contribution in [2.24, 2.45) is 4.99 Å². The molecule has 0 aromatic carbocycles. The summed E-state index contributed by atoms with van der Waals surface area (Å²) in [5.74, 6) is 0.899. The minimum Gasteiger partial charge on any atom is -0.350 e. The van der Waals surface area contributed by atoms with Crippen molar-refractivity contribution >= 4 is 47.2 Å². The number of hydrogen-bond acceptors (Lipinski definition) is 4. The Morgan fingerprint density at radius 1 is 1.40 bits per heavy atom. The molecule has 2 rings (SSSR count).